The zero-order valence-electron chi connectivity index (χ0n) is 11.3. The molecule has 0 spiro atoms. The Morgan fingerprint density at radius 2 is 2.11 bits per heavy atom. The molecule has 18 heavy (non-hydrogen) atoms. The van der Waals surface area contributed by atoms with Crippen LogP contribution >= 0.6 is 0 Å². The summed E-state index contributed by atoms with van der Waals surface area (Å²) in [5.74, 6) is 0.777. The van der Waals surface area contributed by atoms with Gasteiger partial charge in [-0.3, -0.25) is 4.68 Å². The van der Waals surface area contributed by atoms with E-state index in [1.807, 2.05) is 22.4 Å². The lowest BCUT2D eigenvalue weighted by atomic mass is 10.2. The number of hydrogen-bond donors (Lipinski definition) is 1. The number of rotatable bonds is 4. The Bertz CT molecular complexity index is 524. The Balaban J connectivity index is 2.41. The van der Waals surface area contributed by atoms with E-state index in [0.29, 0.717) is 0 Å². The summed E-state index contributed by atoms with van der Waals surface area (Å²) in [6.45, 7) is 8.94. The summed E-state index contributed by atoms with van der Waals surface area (Å²) in [5, 5.41) is 8.63. The molecular formula is C12H20N6. The van der Waals surface area contributed by atoms with Gasteiger partial charge in [0.2, 0.25) is 0 Å². The maximum atomic E-state index is 6.30. The van der Waals surface area contributed by atoms with Crippen LogP contribution in [-0.4, -0.2) is 24.5 Å². The molecule has 2 heterocycles. The predicted octanol–water partition coefficient (Wildman–Crippen LogP) is 1.43. The largest absolute Gasteiger partial charge is 0.316 e. The average Bonchev–Trinajstić information content (AvgIpc) is 2.93. The molecule has 0 aliphatic rings. The highest BCUT2D eigenvalue weighted by atomic mass is 15.4. The summed E-state index contributed by atoms with van der Waals surface area (Å²) >= 11 is 0. The fourth-order valence-corrected chi connectivity index (χ4v) is 2.08. The second-order valence-electron chi connectivity index (χ2n) is 4.66. The fraction of sp³-hybridized carbons (Fsp3) is 0.583. The minimum absolute atomic E-state index is 0.243. The van der Waals surface area contributed by atoms with Gasteiger partial charge in [0, 0.05) is 12.6 Å². The third-order valence-electron chi connectivity index (χ3n) is 2.92. The van der Waals surface area contributed by atoms with Crippen LogP contribution in [0.5, 0.6) is 0 Å². The molecule has 6 heteroatoms. The smallest absolute Gasteiger partial charge is 0.150 e. The minimum Gasteiger partial charge on any atom is -0.316 e. The zero-order chi connectivity index (χ0) is 13.3. The van der Waals surface area contributed by atoms with E-state index in [-0.39, 0.29) is 12.1 Å². The molecule has 2 N–H and O–H groups in total. The number of aromatic nitrogens is 5. The summed E-state index contributed by atoms with van der Waals surface area (Å²) in [7, 11) is 0. The highest BCUT2D eigenvalue weighted by Gasteiger charge is 2.21. The first-order valence-electron chi connectivity index (χ1n) is 6.24. The van der Waals surface area contributed by atoms with Crippen molar-refractivity contribution in [3.63, 3.8) is 0 Å². The molecule has 0 aliphatic carbocycles. The molecule has 0 fully saturated rings. The van der Waals surface area contributed by atoms with E-state index in [2.05, 4.69) is 36.0 Å². The van der Waals surface area contributed by atoms with Gasteiger partial charge in [0.05, 0.1) is 11.4 Å². The molecule has 2 rings (SSSR count). The van der Waals surface area contributed by atoms with Gasteiger partial charge in [-0.05, 0) is 33.8 Å². The molecule has 0 bridgehead atoms. The van der Waals surface area contributed by atoms with Gasteiger partial charge in [-0.25, -0.2) is 9.67 Å². The molecule has 0 aliphatic heterocycles. The van der Waals surface area contributed by atoms with E-state index >= 15 is 0 Å². The standard InChI is InChI=1S/C12H20N6/c1-5-17-10(6-9(4)16-17)11(13)12-14-7-15-18(12)8(2)3/h6-8,11H,5,13H2,1-4H3. The molecule has 98 valence electrons. The van der Waals surface area contributed by atoms with E-state index in [1.54, 1.807) is 6.33 Å². The Morgan fingerprint density at radius 1 is 1.39 bits per heavy atom. The first-order valence-corrected chi connectivity index (χ1v) is 6.24. The highest BCUT2D eigenvalue weighted by molar-refractivity contribution is 5.19. The molecule has 6 nitrogen and oxygen atoms in total. The van der Waals surface area contributed by atoms with Crippen molar-refractivity contribution < 1.29 is 0 Å². The minimum atomic E-state index is -0.295. The second kappa shape index (κ2) is 4.89. The first-order chi connectivity index (χ1) is 8.54. The van der Waals surface area contributed by atoms with Crippen LogP contribution in [0.1, 0.15) is 50.1 Å². The summed E-state index contributed by atoms with van der Waals surface area (Å²) < 4.78 is 3.77. The van der Waals surface area contributed by atoms with Crippen LogP contribution in [-0.2, 0) is 6.54 Å². The molecule has 0 saturated carbocycles. The normalized spacial score (nSPS) is 13.2. The van der Waals surface area contributed by atoms with E-state index in [1.165, 1.54) is 0 Å². The third-order valence-corrected chi connectivity index (χ3v) is 2.92. The van der Waals surface area contributed by atoms with Crippen molar-refractivity contribution in [2.45, 2.75) is 46.3 Å². The zero-order valence-corrected chi connectivity index (χ0v) is 11.3. The monoisotopic (exact) mass is 248 g/mol. The second-order valence-corrected chi connectivity index (χ2v) is 4.66. The van der Waals surface area contributed by atoms with Crippen molar-refractivity contribution in [2.75, 3.05) is 0 Å². The van der Waals surface area contributed by atoms with Crippen molar-refractivity contribution in [3.05, 3.63) is 29.6 Å². The summed E-state index contributed by atoms with van der Waals surface area (Å²) in [5.41, 5.74) is 8.25. The topological polar surface area (TPSA) is 74.6 Å². The molecule has 2 aromatic heterocycles. The maximum Gasteiger partial charge on any atom is 0.150 e. The molecule has 1 unspecified atom stereocenters. The van der Waals surface area contributed by atoms with Gasteiger partial charge in [0.15, 0.2) is 0 Å². The lowest BCUT2D eigenvalue weighted by Gasteiger charge is -2.16. The van der Waals surface area contributed by atoms with Crippen molar-refractivity contribution in [3.8, 4) is 0 Å². The van der Waals surface area contributed by atoms with Gasteiger partial charge in [-0.2, -0.15) is 10.2 Å². The Hall–Kier alpha value is -1.69. The third kappa shape index (κ3) is 2.15. The van der Waals surface area contributed by atoms with Crippen LogP contribution in [0.15, 0.2) is 12.4 Å². The van der Waals surface area contributed by atoms with E-state index < -0.39 is 0 Å². The lowest BCUT2D eigenvalue weighted by Crippen LogP contribution is -2.22. The number of hydrogen-bond acceptors (Lipinski definition) is 4. The first kappa shape index (κ1) is 12.8. The summed E-state index contributed by atoms with van der Waals surface area (Å²) in [4.78, 5) is 4.28. The van der Waals surface area contributed by atoms with Gasteiger partial charge >= 0.3 is 0 Å². The Kier molecular flexibility index (Phi) is 3.47. The molecule has 0 radical (unpaired) electrons. The molecule has 0 aromatic carbocycles. The van der Waals surface area contributed by atoms with Crippen LogP contribution in [0.25, 0.3) is 0 Å². The molecule has 0 amide bonds. The van der Waals surface area contributed by atoms with Crippen LogP contribution < -0.4 is 5.73 Å². The SMILES string of the molecule is CCn1nc(C)cc1C(N)c1ncnn1C(C)C. The predicted molar refractivity (Wildman–Crippen MR) is 69.1 cm³/mol. The van der Waals surface area contributed by atoms with Crippen molar-refractivity contribution in [1.29, 1.82) is 0 Å². The van der Waals surface area contributed by atoms with Crippen LogP contribution in [0, 0.1) is 6.92 Å². The molecular weight excluding hydrogens is 228 g/mol. The maximum absolute atomic E-state index is 6.30. The quantitative estimate of drug-likeness (QED) is 0.888. The average molecular weight is 248 g/mol. The summed E-state index contributed by atoms with van der Waals surface area (Å²) in [6.07, 6.45) is 1.55. The number of nitrogens with two attached hydrogens (primary N) is 1. The van der Waals surface area contributed by atoms with E-state index in [0.717, 1.165) is 23.8 Å². The highest BCUT2D eigenvalue weighted by Crippen LogP contribution is 2.20. The number of aryl methyl sites for hydroxylation is 2. The Labute approximate surface area is 107 Å². The summed E-state index contributed by atoms with van der Waals surface area (Å²) in [6, 6.07) is 1.96. The molecule has 0 saturated heterocycles. The van der Waals surface area contributed by atoms with Gasteiger partial charge in [-0.15, -0.1) is 0 Å². The van der Waals surface area contributed by atoms with Gasteiger partial charge in [-0.1, -0.05) is 0 Å². The van der Waals surface area contributed by atoms with Gasteiger partial charge in [0.1, 0.15) is 18.2 Å². The number of nitrogens with zero attached hydrogens (tertiary/aromatic N) is 5. The van der Waals surface area contributed by atoms with Crippen LogP contribution in [0.3, 0.4) is 0 Å². The molecule has 2 aromatic rings. The van der Waals surface area contributed by atoms with Crippen molar-refractivity contribution in [1.82, 2.24) is 24.5 Å². The van der Waals surface area contributed by atoms with Gasteiger partial charge in [0.25, 0.3) is 0 Å². The van der Waals surface area contributed by atoms with E-state index in [9.17, 15) is 0 Å². The van der Waals surface area contributed by atoms with Crippen molar-refractivity contribution in [2.24, 2.45) is 5.73 Å². The lowest BCUT2D eigenvalue weighted by molar-refractivity contribution is 0.483. The fourth-order valence-electron chi connectivity index (χ4n) is 2.08. The van der Waals surface area contributed by atoms with Gasteiger partial charge < -0.3 is 5.73 Å². The van der Waals surface area contributed by atoms with Crippen LogP contribution in [0.2, 0.25) is 0 Å². The molecule has 1 atom stereocenters. The van der Waals surface area contributed by atoms with E-state index in [4.69, 9.17) is 5.73 Å². The Morgan fingerprint density at radius 3 is 2.72 bits per heavy atom. The van der Waals surface area contributed by atoms with Crippen molar-refractivity contribution >= 4 is 0 Å². The van der Waals surface area contributed by atoms with Crippen LogP contribution in [0.4, 0.5) is 0 Å².